The highest BCUT2D eigenvalue weighted by Crippen LogP contribution is 2.35. The van der Waals surface area contributed by atoms with Gasteiger partial charge < -0.3 is 5.32 Å². The van der Waals surface area contributed by atoms with E-state index >= 15 is 0 Å². The first-order chi connectivity index (χ1) is 14.1. The summed E-state index contributed by atoms with van der Waals surface area (Å²) in [6, 6.07) is 9.49. The maximum atomic E-state index is 12.8. The van der Waals surface area contributed by atoms with Crippen LogP contribution in [0.3, 0.4) is 0 Å². The summed E-state index contributed by atoms with van der Waals surface area (Å²) in [6.07, 6.45) is 3.07. The van der Waals surface area contributed by atoms with E-state index in [-0.39, 0.29) is 17.2 Å². The molecule has 0 saturated carbocycles. The van der Waals surface area contributed by atoms with E-state index in [9.17, 15) is 9.59 Å². The second-order valence-corrected chi connectivity index (χ2v) is 9.62. The Bertz CT molecular complexity index is 1190. The summed E-state index contributed by atoms with van der Waals surface area (Å²) in [6.45, 7) is 0. The summed E-state index contributed by atoms with van der Waals surface area (Å²) in [5, 5.41) is 13.0. The summed E-state index contributed by atoms with van der Waals surface area (Å²) in [7, 11) is 1.71. The molecule has 0 fully saturated rings. The number of carbonyl (C=O) groups is 1. The highest BCUT2D eigenvalue weighted by molar-refractivity contribution is 8.00. The Morgan fingerprint density at radius 1 is 1.34 bits per heavy atom. The van der Waals surface area contributed by atoms with Crippen LogP contribution in [0.5, 0.6) is 0 Å². The standard InChI is InChI=1S/C20H18N4O2S3/c1-24-19(26)17-12-5-4-8-14(12)29-18(17)23-20(24)28-11-16(25)22-13-6-2-3-7-15(13)27-10-9-21/h2-3,6-7H,4-5,8,10-11H2,1H3,(H,22,25). The molecule has 0 aliphatic heterocycles. The van der Waals surface area contributed by atoms with Gasteiger partial charge in [-0.05, 0) is 37.0 Å². The number of hydrogen-bond donors (Lipinski definition) is 1. The van der Waals surface area contributed by atoms with Crippen LogP contribution in [0.25, 0.3) is 10.2 Å². The second-order valence-electron chi connectivity index (χ2n) is 6.58. The first-order valence-electron chi connectivity index (χ1n) is 9.11. The Hall–Kier alpha value is -2.28. The molecule has 1 aliphatic rings. The van der Waals surface area contributed by atoms with Crippen LogP contribution in [0, 0.1) is 11.3 Å². The van der Waals surface area contributed by atoms with Crippen molar-refractivity contribution < 1.29 is 4.79 Å². The molecule has 4 rings (SSSR count). The largest absolute Gasteiger partial charge is 0.324 e. The maximum absolute atomic E-state index is 12.8. The minimum Gasteiger partial charge on any atom is -0.324 e. The fraction of sp³-hybridized carbons (Fsp3) is 0.300. The Balaban J connectivity index is 1.49. The molecule has 9 heteroatoms. The Morgan fingerprint density at radius 3 is 3.00 bits per heavy atom. The van der Waals surface area contributed by atoms with E-state index in [0.717, 1.165) is 34.4 Å². The van der Waals surface area contributed by atoms with Crippen molar-refractivity contribution in [1.29, 1.82) is 5.26 Å². The number of benzene rings is 1. The van der Waals surface area contributed by atoms with Crippen molar-refractivity contribution in [1.82, 2.24) is 9.55 Å². The molecule has 0 saturated heterocycles. The molecule has 6 nitrogen and oxygen atoms in total. The lowest BCUT2D eigenvalue weighted by Crippen LogP contribution is -2.21. The van der Waals surface area contributed by atoms with E-state index < -0.39 is 0 Å². The number of nitrogens with zero attached hydrogens (tertiary/aromatic N) is 3. The van der Waals surface area contributed by atoms with Gasteiger partial charge >= 0.3 is 0 Å². The molecular formula is C20H18N4O2S3. The number of nitrogens with one attached hydrogen (secondary N) is 1. The van der Waals surface area contributed by atoms with Crippen LogP contribution in [0.2, 0.25) is 0 Å². The number of thiophene rings is 1. The average Bonchev–Trinajstić information content (AvgIpc) is 3.30. The summed E-state index contributed by atoms with van der Waals surface area (Å²) in [4.78, 5) is 32.9. The van der Waals surface area contributed by atoms with Crippen LogP contribution < -0.4 is 10.9 Å². The molecule has 29 heavy (non-hydrogen) atoms. The van der Waals surface area contributed by atoms with Crippen LogP contribution in [-0.2, 0) is 24.7 Å². The van der Waals surface area contributed by atoms with Gasteiger partial charge in [-0.25, -0.2) is 4.98 Å². The lowest BCUT2D eigenvalue weighted by atomic mass is 10.2. The number of nitriles is 1. The number of para-hydroxylation sites is 1. The fourth-order valence-electron chi connectivity index (χ4n) is 3.36. The van der Waals surface area contributed by atoms with E-state index in [4.69, 9.17) is 5.26 Å². The van der Waals surface area contributed by atoms with Gasteiger partial charge in [0, 0.05) is 16.8 Å². The number of hydrogen-bond acceptors (Lipinski definition) is 7. The molecule has 1 N–H and O–H groups in total. The maximum Gasteiger partial charge on any atom is 0.262 e. The van der Waals surface area contributed by atoms with E-state index in [2.05, 4.69) is 16.4 Å². The Kier molecular flexibility index (Phi) is 5.94. The summed E-state index contributed by atoms with van der Waals surface area (Å²) < 4.78 is 1.54. The average molecular weight is 443 g/mol. The third-order valence-electron chi connectivity index (χ3n) is 4.69. The smallest absolute Gasteiger partial charge is 0.262 e. The molecule has 0 unspecified atom stereocenters. The van der Waals surface area contributed by atoms with Crippen LogP contribution in [0.1, 0.15) is 16.9 Å². The van der Waals surface area contributed by atoms with Gasteiger partial charge in [0.15, 0.2) is 5.16 Å². The molecule has 3 aromatic rings. The molecule has 1 aliphatic carbocycles. The van der Waals surface area contributed by atoms with Crippen LogP contribution in [0.4, 0.5) is 5.69 Å². The molecule has 0 spiro atoms. The third-order valence-corrected chi connectivity index (χ3v) is 7.85. The zero-order valence-corrected chi connectivity index (χ0v) is 18.2. The molecule has 0 atom stereocenters. The zero-order chi connectivity index (χ0) is 20.4. The molecule has 148 valence electrons. The third kappa shape index (κ3) is 4.06. The lowest BCUT2D eigenvalue weighted by Gasteiger charge is -2.10. The number of anilines is 1. The number of carbonyl (C=O) groups excluding carboxylic acids is 1. The van der Waals surface area contributed by atoms with Gasteiger partial charge in [0.05, 0.1) is 28.6 Å². The van der Waals surface area contributed by atoms with E-state index in [1.54, 1.807) is 23.0 Å². The lowest BCUT2D eigenvalue weighted by molar-refractivity contribution is -0.113. The molecular weight excluding hydrogens is 424 g/mol. The minimum absolute atomic E-state index is 0.0319. The SMILES string of the molecule is Cn1c(SCC(=O)Nc2ccccc2SCC#N)nc2sc3c(c2c1=O)CCC3. The van der Waals surface area contributed by atoms with Gasteiger partial charge in [0.25, 0.3) is 5.56 Å². The second kappa shape index (κ2) is 8.61. The van der Waals surface area contributed by atoms with Crippen molar-refractivity contribution in [2.24, 2.45) is 7.05 Å². The van der Waals surface area contributed by atoms with Crippen LogP contribution in [-0.4, -0.2) is 27.0 Å². The van der Waals surface area contributed by atoms with E-state index in [1.165, 1.54) is 34.0 Å². The summed E-state index contributed by atoms with van der Waals surface area (Å²) in [5.41, 5.74) is 1.82. The number of fused-ring (bicyclic) bond motifs is 3. The van der Waals surface area contributed by atoms with Gasteiger partial charge in [-0.3, -0.25) is 14.2 Å². The zero-order valence-electron chi connectivity index (χ0n) is 15.7. The van der Waals surface area contributed by atoms with Crippen molar-refractivity contribution in [2.45, 2.75) is 29.3 Å². The molecule has 1 amide bonds. The van der Waals surface area contributed by atoms with E-state index in [0.29, 0.717) is 16.6 Å². The van der Waals surface area contributed by atoms with Crippen molar-refractivity contribution >= 4 is 56.7 Å². The van der Waals surface area contributed by atoms with Crippen molar-refractivity contribution in [3.8, 4) is 6.07 Å². The summed E-state index contributed by atoms with van der Waals surface area (Å²) >= 11 is 4.24. The number of aromatic nitrogens is 2. The minimum atomic E-state index is -0.178. The van der Waals surface area contributed by atoms with Crippen LogP contribution >= 0.6 is 34.9 Å². The fourth-order valence-corrected chi connectivity index (χ4v) is 6.10. The summed E-state index contributed by atoms with van der Waals surface area (Å²) in [5.74, 6) is 0.287. The predicted octanol–water partition coefficient (Wildman–Crippen LogP) is 3.83. The Morgan fingerprint density at radius 2 is 2.17 bits per heavy atom. The monoisotopic (exact) mass is 442 g/mol. The molecule has 0 bridgehead atoms. The van der Waals surface area contributed by atoms with Crippen molar-refractivity contribution in [3.63, 3.8) is 0 Å². The first kappa shape index (κ1) is 20.0. The normalized spacial score (nSPS) is 12.7. The molecule has 1 aromatic carbocycles. The van der Waals surface area contributed by atoms with Crippen LogP contribution in [0.15, 0.2) is 39.1 Å². The van der Waals surface area contributed by atoms with Gasteiger partial charge in [0.2, 0.25) is 5.91 Å². The molecule has 0 radical (unpaired) electrons. The van der Waals surface area contributed by atoms with Gasteiger partial charge in [-0.15, -0.1) is 23.1 Å². The quantitative estimate of drug-likeness (QED) is 0.461. The number of rotatable bonds is 6. The van der Waals surface area contributed by atoms with Crippen molar-refractivity contribution in [2.75, 3.05) is 16.8 Å². The number of thioether (sulfide) groups is 2. The van der Waals surface area contributed by atoms with Gasteiger partial charge in [-0.2, -0.15) is 5.26 Å². The Labute approximate surface area is 180 Å². The number of amides is 1. The first-order valence-corrected chi connectivity index (χ1v) is 11.9. The predicted molar refractivity (Wildman–Crippen MR) is 119 cm³/mol. The van der Waals surface area contributed by atoms with E-state index in [1.807, 2.05) is 24.3 Å². The van der Waals surface area contributed by atoms with Gasteiger partial charge in [0.1, 0.15) is 4.83 Å². The number of aryl methyl sites for hydroxylation is 2. The van der Waals surface area contributed by atoms with Gasteiger partial charge in [-0.1, -0.05) is 23.9 Å². The topological polar surface area (TPSA) is 87.8 Å². The van der Waals surface area contributed by atoms with Crippen molar-refractivity contribution in [3.05, 3.63) is 45.1 Å². The highest BCUT2D eigenvalue weighted by atomic mass is 32.2. The highest BCUT2D eigenvalue weighted by Gasteiger charge is 2.22. The molecule has 2 heterocycles. The molecule has 2 aromatic heterocycles.